The van der Waals surface area contributed by atoms with Crippen molar-refractivity contribution >= 4 is 28.6 Å². The molecule has 9 nitrogen and oxygen atoms in total. The van der Waals surface area contributed by atoms with Crippen LogP contribution in [0.1, 0.15) is 54.1 Å². The number of hydrogen-bond donors (Lipinski definition) is 1. The minimum Gasteiger partial charge on any atom is -0.441 e. The van der Waals surface area contributed by atoms with Gasteiger partial charge < -0.3 is 23.7 Å². The summed E-state index contributed by atoms with van der Waals surface area (Å²) in [7, 11) is 3.23. The second-order valence-corrected chi connectivity index (χ2v) is 10.9. The number of nitrogens with one attached hydrogen (secondary N) is 1. The van der Waals surface area contributed by atoms with Gasteiger partial charge in [0, 0.05) is 50.0 Å². The first-order valence-electron chi connectivity index (χ1n) is 14.5. The van der Waals surface area contributed by atoms with Crippen molar-refractivity contribution in [3.05, 3.63) is 66.2 Å². The van der Waals surface area contributed by atoms with Crippen molar-refractivity contribution in [3.8, 4) is 17.3 Å². The Morgan fingerprint density at radius 2 is 1.79 bits per heavy atom. The number of nitrogens with zero attached hydrogens (tertiary/aromatic N) is 3. The van der Waals surface area contributed by atoms with Crippen LogP contribution in [0, 0.1) is 17.2 Å². The molecule has 0 spiro atoms. The lowest BCUT2D eigenvalue weighted by Gasteiger charge is -2.30. The molecule has 2 aliphatic rings. The molecule has 0 unspecified atom stereocenters. The minimum atomic E-state index is -0.511. The number of fused-ring (bicyclic) bond motifs is 1. The summed E-state index contributed by atoms with van der Waals surface area (Å²) in [5.41, 5.74) is 4.30. The Labute approximate surface area is 246 Å². The lowest BCUT2D eigenvalue weighted by atomic mass is 9.92. The zero-order valence-electron chi connectivity index (χ0n) is 24.3. The van der Waals surface area contributed by atoms with Crippen LogP contribution in [-0.4, -0.2) is 68.1 Å². The van der Waals surface area contributed by atoms with E-state index in [1.165, 1.54) is 0 Å². The molecule has 9 heteroatoms. The first kappa shape index (κ1) is 29.4. The molecule has 0 saturated heterocycles. The fraction of sp³-hybridized carbons (Fsp3) is 0.424. The Balaban J connectivity index is 1.46. The van der Waals surface area contributed by atoms with Gasteiger partial charge in [-0.1, -0.05) is 30.9 Å². The zero-order valence-corrected chi connectivity index (χ0v) is 24.3. The molecular formula is C33H38N4O5. The van der Waals surface area contributed by atoms with Gasteiger partial charge >= 0.3 is 6.09 Å². The molecule has 1 heterocycles. The van der Waals surface area contributed by atoms with Gasteiger partial charge in [-0.3, -0.25) is 10.1 Å². The summed E-state index contributed by atoms with van der Waals surface area (Å²) >= 11 is 0. The van der Waals surface area contributed by atoms with Crippen molar-refractivity contribution in [2.24, 2.45) is 5.92 Å². The summed E-state index contributed by atoms with van der Waals surface area (Å²) in [6.07, 6.45) is 6.11. The topological polar surface area (TPSA) is 106 Å². The molecule has 2 saturated carbocycles. The molecule has 2 aromatic carbocycles. The molecule has 2 aliphatic carbocycles. The Kier molecular flexibility index (Phi) is 9.25. The van der Waals surface area contributed by atoms with E-state index in [0.29, 0.717) is 49.0 Å². The van der Waals surface area contributed by atoms with Crippen LogP contribution >= 0.6 is 0 Å². The highest BCUT2D eigenvalue weighted by Gasteiger charge is 2.32. The summed E-state index contributed by atoms with van der Waals surface area (Å²) in [6, 6.07) is 15.7. The maximum Gasteiger partial charge on any atom is 0.412 e. The van der Waals surface area contributed by atoms with Gasteiger partial charge in [-0.25, -0.2) is 4.79 Å². The normalized spacial score (nSPS) is 15.5. The van der Waals surface area contributed by atoms with Gasteiger partial charge in [-0.2, -0.15) is 5.26 Å². The molecule has 3 aromatic rings. The van der Waals surface area contributed by atoms with E-state index in [1.807, 2.05) is 36.4 Å². The highest BCUT2D eigenvalue weighted by atomic mass is 16.6. The SMILES string of the molecule is C=C[C@@H](OC(=O)Nc1ccc(-c2c(C#N)c3ccc(C(=O)N(CCOC)CCOC)cc3n2C2CCC2)cc1)C1CC1. The number of anilines is 1. The monoisotopic (exact) mass is 570 g/mol. The largest absolute Gasteiger partial charge is 0.441 e. The second kappa shape index (κ2) is 13.2. The molecule has 1 atom stereocenters. The second-order valence-electron chi connectivity index (χ2n) is 10.9. The van der Waals surface area contributed by atoms with E-state index < -0.39 is 6.09 Å². The standard InChI is InChI=1S/C33H38N4O5/c1-4-30(22-8-9-22)42-33(39)35-25-13-10-23(11-14-25)31-28(21-34)27-15-12-24(20-29(27)37(31)26-6-5-7-26)32(38)36(16-18-40-2)17-19-41-3/h4,10-15,20,22,26,30H,1,5-9,16-19H2,2-3H3,(H,35,39)/t30-/m1/s1. The molecule has 42 heavy (non-hydrogen) atoms. The number of ether oxygens (including phenoxy) is 3. The Morgan fingerprint density at radius 3 is 2.33 bits per heavy atom. The highest BCUT2D eigenvalue weighted by molar-refractivity contribution is 6.01. The maximum atomic E-state index is 13.5. The lowest BCUT2D eigenvalue weighted by molar-refractivity contribution is 0.0627. The Hall–Kier alpha value is -4.13. The molecule has 5 rings (SSSR count). The van der Waals surface area contributed by atoms with Crippen molar-refractivity contribution in [2.75, 3.05) is 45.8 Å². The van der Waals surface area contributed by atoms with Crippen LogP contribution in [0.25, 0.3) is 22.2 Å². The molecule has 220 valence electrons. The number of carbonyl (C=O) groups excluding carboxylic acids is 2. The number of nitriles is 1. The molecule has 0 aliphatic heterocycles. The number of carbonyl (C=O) groups is 2. The molecule has 0 radical (unpaired) electrons. The maximum absolute atomic E-state index is 13.5. The van der Waals surface area contributed by atoms with Crippen molar-refractivity contribution in [1.29, 1.82) is 5.26 Å². The highest BCUT2D eigenvalue weighted by Crippen LogP contribution is 2.43. The average molecular weight is 571 g/mol. The van der Waals surface area contributed by atoms with E-state index in [2.05, 4.69) is 22.5 Å². The first-order valence-corrected chi connectivity index (χ1v) is 14.5. The van der Waals surface area contributed by atoms with Crippen LogP contribution in [0.15, 0.2) is 55.1 Å². The Bertz CT molecular complexity index is 1470. The molecular weight excluding hydrogens is 532 g/mol. The summed E-state index contributed by atoms with van der Waals surface area (Å²) in [5, 5.41) is 13.9. The van der Waals surface area contributed by atoms with E-state index in [4.69, 9.17) is 14.2 Å². The van der Waals surface area contributed by atoms with E-state index >= 15 is 0 Å². The van der Waals surface area contributed by atoms with Gasteiger partial charge in [0.2, 0.25) is 0 Å². The van der Waals surface area contributed by atoms with E-state index in [0.717, 1.165) is 54.3 Å². The van der Waals surface area contributed by atoms with Crippen LogP contribution in [0.3, 0.4) is 0 Å². The van der Waals surface area contributed by atoms with Crippen molar-refractivity contribution in [2.45, 2.75) is 44.2 Å². The average Bonchev–Trinajstić information content (AvgIpc) is 3.78. The molecule has 1 N–H and O–H groups in total. The quantitative estimate of drug-likeness (QED) is 0.247. The van der Waals surface area contributed by atoms with Crippen molar-refractivity contribution in [1.82, 2.24) is 9.47 Å². The van der Waals surface area contributed by atoms with Crippen LogP contribution in [0.5, 0.6) is 0 Å². The third-order valence-corrected chi connectivity index (χ3v) is 8.19. The van der Waals surface area contributed by atoms with Gasteiger partial charge in [0.05, 0.1) is 30.0 Å². The molecule has 2 fully saturated rings. The summed E-state index contributed by atoms with van der Waals surface area (Å²) in [4.78, 5) is 27.7. The van der Waals surface area contributed by atoms with Gasteiger partial charge in [-0.05, 0) is 67.9 Å². The number of benzene rings is 2. The molecule has 0 bridgehead atoms. The fourth-order valence-corrected chi connectivity index (χ4v) is 5.51. The van der Waals surface area contributed by atoms with Gasteiger partial charge in [-0.15, -0.1) is 0 Å². The van der Waals surface area contributed by atoms with Crippen LogP contribution in [0.2, 0.25) is 0 Å². The van der Waals surface area contributed by atoms with Crippen LogP contribution in [-0.2, 0) is 14.2 Å². The number of hydrogen-bond acceptors (Lipinski definition) is 6. The van der Waals surface area contributed by atoms with Gasteiger partial charge in [0.25, 0.3) is 5.91 Å². The third kappa shape index (κ3) is 6.20. The number of aromatic nitrogens is 1. The van der Waals surface area contributed by atoms with Gasteiger partial charge in [0.15, 0.2) is 0 Å². The van der Waals surface area contributed by atoms with Gasteiger partial charge in [0.1, 0.15) is 12.2 Å². The van der Waals surface area contributed by atoms with E-state index in [-0.39, 0.29) is 18.1 Å². The van der Waals surface area contributed by atoms with Crippen LogP contribution < -0.4 is 5.32 Å². The van der Waals surface area contributed by atoms with Crippen molar-refractivity contribution in [3.63, 3.8) is 0 Å². The van der Waals surface area contributed by atoms with Crippen LogP contribution in [0.4, 0.5) is 10.5 Å². The zero-order chi connectivity index (χ0) is 29.6. The number of amides is 2. The molecule has 2 amide bonds. The van der Waals surface area contributed by atoms with E-state index in [9.17, 15) is 14.9 Å². The minimum absolute atomic E-state index is 0.102. The summed E-state index contributed by atoms with van der Waals surface area (Å²) in [5.74, 6) is 0.262. The fourth-order valence-electron chi connectivity index (χ4n) is 5.51. The van der Waals surface area contributed by atoms with Crippen molar-refractivity contribution < 1.29 is 23.8 Å². The third-order valence-electron chi connectivity index (χ3n) is 8.19. The predicted octanol–water partition coefficient (Wildman–Crippen LogP) is 6.15. The van der Waals surface area contributed by atoms with E-state index in [1.54, 1.807) is 31.3 Å². The number of methoxy groups -OCH3 is 2. The predicted molar refractivity (Wildman–Crippen MR) is 161 cm³/mol. The lowest BCUT2D eigenvalue weighted by Crippen LogP contribution is -2.36. The summed E-state index contributed by atoms with van der Waals surface area (Å²) in [6.45, 7) is 5.55. The Morgan fingerprint density at radius 1 is 1.10 bits per heavy atom. The number of rotatable bonds is 13. The first-order chi connectivity index (χ1) is 20.5. The summed E-state index contributed by atoms with van der Waals surface area (Å²) < 4.78 is 18.2. The molecule has 1 aromatic heterocycles. The smallest absolute Gasteiger partial charge is 0.412 e.